The molecule has 0 unspecified atom stereocenters. The number of pyridine rings is 2. The van der Waals surface area contributed by atoms with Gasteiger partial charge in [0.25, 0.3) is 11.5 Å². The standard InChI is InChI=1S/C24H17F3N6O4/c1-2-13-7-15(3-4-17(13)37-18-5-6-29-22-21(18)30-11-19(34)31-22)33-20(35)12-32(23(33)36)16-8-14(9-28-10-16)24(25,26)27/h3-11H,2,12H2,1H3,(H,29,31,34). The van der Waals surface area contributed by atoms with Crippen molar-refractivity contribution in [3.63, 3.8) is 0 Å². The van der Waals surface area contributed by atoms with E-state index in [1.165, 1.54) is 12.3 Å². The molecule has 188 valence electrons. The van der Waals surface area contributed by atoms with Crippen LogP contribution in [0, 0.1) is 0 Å². The predicted molar refractivity (Wildman–Crippen MR) is 126 cm³/mol. The van der Waals surface area contributed by atoms with Crippen molar-refractivity contribution in [1.82, 2.24) is 19.9 Å². The number of nitrogens with one attached hydrogen (secondary N) is 1. The van der Waals surface area contributed by atoms with Gasteiger partial charge in [-0.2, -0.15) is 13.2 Å². The number of ether oxygens (including phenoxy) is 1. The number of benzene rings is 1. The molecule has 0 spiro atoms. The van der Waals surface area contributed by atoms with Crippen molar-refractivity contribution in [3.05, 3.63) is 76.6 Å². The summed E-state index contributed by atoms with van der Waals surface area (Å²) in [6, 6.07) is 6.22. The second-order valence-corrected chi connectivity index (χ2v) is 8.03. The summed E-state index contributed by atoms with van der Waals surface area (Å²) in [7, 11) is 0. The SMILES string of the molecule is CCc1cc(N2C(=O)CN(c3cncc(C(F)(F)F)c3)C2=O)ccc1Oc1ccnc2[nH]c(=O)cnc12. The topological polar surface area (TPSA) is 121 Å². The molecule has 1 fully saturated rings. The van der Waals surface area contributed by atoms with Gasteiger partial charge >= 0.3 is 12.2 Å². The molecule has 1 N–H and O–H groups in total. The minimum absolute atomic E-state index is 0.138. The van der Waals surface area contributed by atoms with Gasteiger partial charge in [0.1, 0.15) is 17.8 Å². The second kappa shape index (κ2) is 9.00. The smallest absolute Gasteiger partial charge is 0.417 e. The van der Waals surface area contributed by atoms with Gasteiger partial charge in [0.05, 0.1) is 29.3 Å². The third kappa shape index (κ3) is 4.46. The van der Waals surface area contributed by atoms with Gasteiger partial charge in [-0.25, -0.2) is 19.7 Å². The van der Waals surface area contributed by atoms with Gasteiger partial charge in [-0.15, -0.1) is 0 Å². The number of aromatic nitrogens is 4. The highest BCUT2D eigenvalue weighted by molar-refractivity contribution is 6.27. The van der Waals surface area contributed by atoms with Crippen molar-refractivity contribution in [2.24, 2.45) is 0 Å². The van der Waals surface area contributed by atoms with Crippen molar-refractivity contribution in [2.45, 2.75) is 19.5 Å². The number of nitrogens with zero attached hydrogens (tertiary/aromatic N) is 5. The first-order valence-corrected chi connectivity index (χ1v) is 11.0. The molecule has 0 bridgehead atoms. The van der Waals surface area contributed by atoms with E-state index < -0.39 is 35.8 Å². The van der Waals surface area contributed by atoms with E-state index in [1.807, 2.05) is 6.92 Å². The Morgan fingerprint density at radius 3 is 2.57 bits per heavy atom. The molecule has 37 heavy (non-hydrogen) atoms. The van der Waals surface area contributed by atoms with Crippen LogP contribution < -0.4 is 20.1 Å². The molecule has 3 amide bonds. The third-order valence-electron chi connectivity index (χ3n) is 5.67. The number of halogens is 3. The van der Waals surface area contributed by atoms with E-state index >= 15 is 0 Å². The van der Waals surface area contributed by atoms with Crippen LogP contribution in [0.25, 0.3) is 11.2 Å². The number of urea groups is 1. The number of fused-ring (bicyclic) bond motifs is 1. The molecule has 3 aromatic heterocycles. The van der Waals surface area contributed by atoms with Gasteiger partial charge < -0.3 is 9.72 Å². The van der Waals surface area contributed by atoms with Crippen LogP contribution in [0.4, 0.5) is 29.3 Å². The molecule has 1 aliphatic rings. The maximum Gasteiger partial charge on any atom is 0.417 e. The Hall–Kier alpha value is -4.81. The van der Waals surface area contributed by atoms with Crippen LogP contribution in [0.3, 0.4) is 0 Å². The zero-order valence-electron chi connectivity index (χ0n) is 19.1. The lowest BCUT2D eigenvalue weighted by Gasteiger charge is -2.19. The largest absolute Gasteiger partial charge is 0.455 e. The Balaban J connectivity index is 1.44. The van der Waals surface area contributed by atoms with Crippen molar-refractivity contribution in [2.75, 3.05) is 16.3 Å². The zero-order chi connectivity index (χ0) is 26.3. The summed E-state index contributed by atoms with van der Waals surface area (Å²) in [6.07, 6.45) is 0.124. The van der Waals surface area contributed by atoms with Crippen molar-refractivity contribution in [1.29, 1.82) is 0 Å². The average molecular weight is 510 g/mol. The number of anilines is 2. The van der Waals surface area contributed by atoms with Crippen molar-refractivity contribution >= 4 is 34.5 Å². The number of H-pyrrole nitrogens is 1. The van der Waals surface area contributed by atoms with Crippen molar-refractivity contribution < 1.29 is 27.5 Å². The molecule has 0 saturated carbocycles. The summed E-state index contributed by atoms with van der Waals surface area (Å²) < 4.78 is 45.3. The molecule has 13 heteroatoms. The van der Waals surface area contributed by atoms with E-state index in [0.717, 1.165) is 28.3 Å². The second-order valence-electron chi connectivity index (χ2n) is 8.03. The van der Waals surface area contributed by atoms with Gasteiger partial charge in [-0.1, -0.05) is 6.92 Å². The third-order valence-corrected chi connectivity index (χ3v) is 5.67. The quantitative estimate of drug-likeness (QED) is 0.402. The molecule has 4 aromatic rings. The van der Waals surface area contributed by atoms with Crippen LogP contribution in [-0.2, 0) is 17.4 Å². The highest BCUT2D eigenvalue weighted by Crippen LogP contribution is 2.35. The van der Waals surface area contributed by atoms with Crippen LogP contribution in [0.1, 0.15) is 18.1 Å². The van der Waals surface area contributed by atoms with Gasteiger partial charge in [0.15, 0.2) is 11.4 Å². The first-order chi connectivity index (χ1) is 17.7. The number of hydrogen-bond donors (Lipinski definition) is 1. The maximum absolute atomic E-state index is 13.1. The van der Waals surface area contributed by atoms with Gasteiger partial charge in [0.2, 0.25) is 0 Å². The Morgan fingerprint density at radius 1 is 1.00 bits per heavy atom. The number of alkyl halides is 3. The fraction of sp³-hybridized carbons (Fsp3) is 0.167. The summed E-state index contributed by atoms with van der Waals surface area (Å²) in [5.41, 5.74) is -0.108. The maximum atomic E-state index is 13.1. The number of carbonyl (C=O) groups is 2. The Kier molecular flexibility index (Phi) is 5.82. The van der Waals surface area contributed by atoms with E-state index in [9.17, 15) is 27.6 Å². The van der Waals surface area contributed by atoms with E-state index in [-0.39, 0.29) is 17.0 Å². The molecule has 0 aliphatic carbocycles. The van der Waals surface area contributed by atoms with Crippen LogP contribution in [0.15, 0.2) is 59.9 Å². The highest BCUT2D eigenvalue weighted by atomic mass is 19.4. The van der Waals surface area contributed by atoms with Crippen LogP contribution >= 0.6 is 0 Å². The van der Waals surface area contributed by atoms with E-state index in [4.69, 9.17) is 4.74 Å². The van der Waals surface area contributed by atoms with Crippen molar-refractivity contribution in [3.8, 4) is 11.5 Å². The number of carbonyl (C=O) groups excluding carboxylic acids is 2. The van der Waals surface area contributed by atoms with E-state index in [2.05, 4.69) is 19.9 Å². The monoisotopic (exact) mass is 510 g/mol. The fourth-order valence-electron chi connectivity index (χ4n) is 3.89. The van der Waals surface area contributed by atoms with Crippen LogP contribution in [-0.4, -0.2) is 38.4 Å². The lowest BCUT2D eigenvalue weighted by Crippen LogP contribution is -2.33. The normalized spacial score (nSPS) is 14.1. The van der Waals surface area contributed by atoms with Gasteiger partial charge in [-0.05, 0) is 36.2 Å². The summed E-state index contributed by atoms with van der Waals surface area (Å²) in [6.45, 7) is 1.41. The highest BCUT2D eigenvalue weighted by Gasteiger charge is 2.39. The number of hydrogen-bond acceptors (Lipinski definition) is 7. The lowest BCUT2D eigenvalue weighted by molar-refractivity contribution is -0.137. The minimum atomic E-state index is -4.65. The minimum Gasteiger partial charge on any atom is -0.455 e. The molecule has 1 aromatic carbocycles. The summed E-state index contributed by atoms with van der Waals surface area (Å²) in [5.74, 6) is 0.149. The summed E-state index contributed by atoms with van der Waals surface area (Å²) >= 11 is 0. The fourth-order valence-corrected chi connectivity index (χ4v) is 3.89. The van der Waals surface area contributed by atoms with E-state index in [0.29, 0.717) is 35.2 Å². The van der Waals surface area contributed by atoms with Crippen LogP contribution in [0.5, 0.6) is 11.5 Å². The summed E-state index contributed by atoms with van der Waals surface area (Å²) in [4.78, 5) is 53.5. The Labute approximate surface area is 206 Å². The molecular weight excluding hydrogens is 493 g/mol. The number of imide groups is 1. The lowest BCUT2D eigenvalue weighted by atomic mass is 10.1. The number of rotatable bonds is 5. The average Bonchev–Trinajstić information content (AvgIpc) is 3.17. The van der Waals surface area contributed by atoms with Crippen LogP contribution in [0.2, 0.25) is 0 Å². The molecule has 5 rings (SSSR count). The molecule has 4 heterocycles. The molecule has 0 radical (unpaired) electrons. The zero-order valence-corrected chi connectivity index (χ0v) is 19.1. The van der Waals surface area contributed by atoms with Gasteiger partial charge in [0, 0.05) is 18.5 Å². The number of aryl methyl sites for hydroxylation is 1. The number of aromatic amines is 1. The molecule has 1 saturated heterocycles. The predicted octanol–water partition coefficient (Wildman–Crippen LogP) is 4.06. The Morgan fingerprint density at radius 2 is 1.81 bits per heavy atom. The molecular formula is C24H17F3N6O4. The summed E-state index contributed by atoms with van der Waals surface area (Å²) in [5, 5.41) is 0. The molecule has 0 atom stereocenters. The molecule has 10 nitrogen and oxygen atoms in total. The Bertz CT molecular complexity index is 1600. The molecule has 1 aliphatic heterocycles. The first-order valence-electron chi connectivity index (χ1n) is 11.0. The number of amides is 3. The van der Waals surface area contributed by atoms with E-state index in [1.54, 1.807) is 18.2 Å². The van der Waals surface area contributed by atoms with Gasteiger partial charge in [-0.3, -0.25) is 19.5 Å². The first kappa shape index (κ1) is 23.9.